The Bertz CT molecular complexity index is 242. The molecule has 0 bridgehead atoms. The van der Waals surface area contributed by atoms with Crippen molar-refractivity contribution in [3.8, 4) is 6.07 Å². The van der Waals surface area contributed by atoms with Crippen LogP contribution in [0.4, 0.5) is 0 Å². The number of ether oxygens (including phenoxy) is 1. The molecule has 0 aromatic heterocycles. The Kier molecular flexibility index (Phi) is 1.87. The molecule has 3 nitrogen and oxygen atoms in total. The second-order valence-electron chi connectivity index (χ2n) is 4.20. The molecule has 0 aliphatic heterocycles. The fraction of sp³-hybridized carbons (Fsp3) is 0.778. The molecule has 1 fully saturated rings. The molecule has 0 aromatic carbocycles. The van der Waals surface area contributed by atoms with Gasteiger partial charge in [-0.2, -0.15) is 5.26 Å². The topological polar surface area (TPSA) is 50.1 Å². The molecule has 1 rings (SSSR count). The van der Waals surface area contributed by atoms with Crippen LogP contribution in [0.15, 0.2) is 0 Å². The number of carbonyl (C=O) groups excluding carboxylic acids is 1. The predicted octanol–water partition coefficient (Wildman–Crippen LogP) is 1.49. The minimum Gasteiger partial charge on any atom is -0.468 e. The lowest BCUT2D eigenvalue weighted by Crippen LogP contribution is -2.48. The maximum atomic E-state index is 11.2. The van der Waals surface area contributed by atoms with Crippen LogP contribution in [0, 0.1) is 22.2 Å². The quantitative estimate of drug-likeness (QED) is 0.556. The summed E-state index contributed by atoms with van der Waals surface area (Å²) in [6.45, 7) is 4.09. The summed E-state index contributed by atoms with van der Waals surface area (Å²) >= 11 is 0. The summed E-state index contributed by atoms with van der Waals surface area (Å²) < 4.78 is 4.58. The average molecular weight is 167 g/mol. The second kappa shape index (κ2) is 2.48. The monoisotopic (exact) mass is 167 g/mol. The number of methoxy groups -OCH3 is 1. The van der Waals surface area contributed by atoms with E-state index in [2.05, 4.69) is 4.74 Å². The highest BCUT2D eigenvalue weighted by atomic mass is 16.5. The zero-order chi connectivity index (χ0) is 9.41. The molecule has 1 aliphatic carbocycles. The van der Waals surface area contributed by atoms with Gasteiger partial charge in [-0.15, -0.1) is 0 Å². The lowest BCUT2D eigenvalue weighted by molar-refractivity contribution is -0.160. The Morgan fingerprint density at radius 2 is 2.00 bits per heavy atom. The van der Waals surface area contributed by atoms with Crippen LogP contribution in [-0.2, 0) is 9.53 Å². The first-order chi connectivity index (χ1) is 5.46. The third-order valence-electron chi connectivity index (χ3n) is 2.35. The van der Waals surface area contributed by atoms with Gasteiger partial charge in [-0.25, -0.2) is 0 Å². The van der Waals surface area contributed by atoms with Crippen LogP contribution in [-0.4, -0.2) is 13.1 Å². The van der Waals surface area contributed by atoms with E-state index in [1.807, 2.05) is 19.9 Å². The SMILES string of the molecule is COC(=O)C1(C#N)CC(C)(C)C1. The van der Waals surface area contributed by atoms with E-state index in [1.165, 1.54) is 7.11 Å². The van der Waals surface area contributed by atoms with Crippen molar-refractivity contribution in [1.82, 2.24) is 0 Å². The molecule has 0 saturated heterocycles. The molecule has 12 heavy (non-hydrogen) atoms. The lowest BCUT2D eigenvalue weighted by atomic mass is 9.55. The molecule has 66 valence electrons. The molecule has 0 amide bonds. The van der Waals surface area contributed by atoms with E-state index >= 15 is 0 Å². The fourth-order valence-electron chi connectivity index (χ4n) is 2.05. The van der Waals surface area contributed by atoms with Gasteiger partial charge in [0.05, 0.1) is 13.2 Å². The molecule has 0 N–H and O–H groups in total. The highest BCUT2D eigenvalue weighted by molar-refractivity contribution is 5.81. The molecule has 0 spiro atoms. The Morgan fingerprint density at radius 3 is 2.25 bits per heavy atom. The van der Waals surface area contributed by atoms with E-state index in [9.17, 15) is 4.79 Å². The third-order valence-corrected chi connectivity index (χ3v) is 2.35. The van der Waals surface area contributed by atoms with Gasteiger partial charge in [-0.3, -0.25) is 4.79 Å². The van der Waals surface area contributed by atoms with Gasteiger partial charge in [0, 0.05) is 0 Å². The van der Waals surface area contributed by atoms with E-state index in [0.717, 1.165) is 0 Å². The number of nitriles is 1. The van der Waals surface area contributed by atoms with Crippen molar-refractivity contribution in [2.45, 2.75) is 26.7 Å². The third kappa shape index (κ3) is 1.18. The minimum absolute atomic E-state index is 0.115. The highest BCUT2D eigenvalue weighted by Gasteiger charge is 2.55. The molecule has 0 heterocycles. The largest absolute Gasteiger partial charge is 0.468 e. The first-order valence-corrected chi connectivity index (χ1v) is 3.95. The number of rotatable bonds is 1. The molecular formula is C9H13NO2. The summed E-state index contributed by atoms with van der Waals surface area (Å²) in [6, 6.07) is 2.05. The summed E-state index contributed by atoms with van der Waals surface area (Å²) in [4.78, 5) is 11.2. The summed E-state index contributed by atoms with van der Waals surface area (Å²) in [5.41, 5.74) is -0.734. The van der Waals surface area contributed by atoms with Gasteiger partial charge in [0.2, 0.25) is 0 Å². The summed E-state index contributed by atoms with van der Waals surface area (Å²) in [7, 11) is 1.33. The van der Waals surface area contributed by atoms with Crippen molar-refractivity contribution in [2.24, 2.45) is 10.8 Å². The van der Waals surface area contributed by atoms with Crippen LogP contribution in [0.1, 0.15) is 26.7 Å². The molecule has 0 aromatic rings. The Morgan fingerprint density at radius 1 is 1.50 bits per heavy atom. The number of hydrogen-bond donors (Lipinski definition) is 0. The zero-order valence-corrected chi connectivity index (χ0v) is 7.68. The average Bonchev–Trinajstić information content (AvgIpc) is 1.97. The van der Waals surface area contributed by atoms with Gasteiger partial charge in [-0.1, -0.05) is 13.8 Å². The molecule has 1 aliphatic rings. The first-order valence-electron chi connectivity index (χ1n) is 3.95. The highest BCUT2D eigenvalue weighted by Crippen LogP contribution is 2.54. The minimum atomic E-state index is -0.849. The molecule has 3 heteroatoms. The fourth-order valence-corrected chi connectivity index (χ4v) is 2.05. The molecule has 0 atom stereocenters. The predicted molar refractivity (Wildman–Crippen MR) is 43.1 cm³/mol. The maximum Gasteiger partial charge on any atom is 0.326 e. The van der Waals surface area contributed by atoms with Crippen LogP contribution in [0.25, 0.3) is 0 Å². The lowest BCUT2D eigenvalue weighted by Gasteiger charge is -2.46. The number of esters is 1. The second-order valence-corrected chi connectivity index (χ2v) is 4.20. The Hall–Kier alpha value is -1.04. The number of nitrogens with zero attached hydrogens (tertiary/aromatic N) is 1. The summed E-state index contributed by atoms with van der Waals surface area (Å²) in [5.74, 6) is -0.385. The van der Waals surface area contributed by atoms with Crippen molar-refractivity contribution < 1.29 is 9.53 Å². The normalized spacial score (nSPS) is 23.5. The number of carbonyl (C=O) groups is 1. The van der Waals surface area contributed by atoms with E-state index in [1.54, 1.807) is 0 Å². The van der Waals surface area contributed by atoms with E-state index in [0.29, 0.717) is 12.8 Å². The van der Waals surface area contributed by atoms with E-state index < -0.39 is 5.41 Å². The molecule has 0 radical (unpaired) electrons. The Labute approximate surface area is 72.3 Å². The van der Waals surface area contributed by atoms with Crippen molar-refractivity contribution in [3.05, 3.63) is 0 Å². The first kappa shape index (κ1) is 9.05. The standard InChI is InChI=1S/C9H13NO2/c1-8(2)4-9(5-8,6-10)7(11)12-3/h4-5H2,1-3H3. The molecular weight excluding hydrogens is 154 g/mol. The van der Waals surface area contributed by atoms with Gasteiger partial charge >= 0.3 is 5.97 Å². The van der Waals surface area contributed by atoms with Gasteiger partial charge in [0.15, 0.2) is 5.41 Å². The summed E-state index contributed by atoms with van der Waals surface area (Å²) in [5, 5.41) is 8.82. The van der Waals surface area contributed by atoms with E-state index in [4.69, 9.17) is 5.26 Å². The van der Waals surface area contributed by atoms with Gasteiger partial charge in [-0.05, 0) is 18.3 Å². The molecule has 0 unspecified atom stereocenters. The Balaban J connectivity index is 2.73. The zero-order valence-electron chi connectivity index (χ0n) is 7.68. The summed E-state index contributed by atoms with van der Waals surface area (Å²) in [6.07, 6.45) is 1.23. The van der Waals surface area contributed by atoms with Gasteiger partial charge in [0.1, 0.15) is 0 Å². The van der Waals surface area contributed by atoms with E-state index in [-0.39, 0.29) is 11.4 Å². The number of hydrogen-bond acceptors (Lipinski definition) is 3. The smallest absolute Gasteiger partial charge is 0.326 e. The van der Waals surface area contributed by atoms with Gasteiger partial charge < -0.3 is 4.74 Å². The van der Waals surface area contributed by atoms with Crippen molar-refractivity contribution in [3.63, 3.8) is 0 Å². The van der Waals surface area contributed by atoms with Crippen LogP contribution >= 0.6 is 0 Å². The van der Waals surface area contributed by atoms with Crippen LogP contribution in [0.3, 0.4) is 0 Å². The maximum absolute atomic E-state index is 11.2. The van der Waals surface area contributed by atoms with Gasteiger partial charge in [0.25, 0.3) is 0 Å². The van der Waals surface area contributed by atoms with Crippen molar-refractivity contribution in [2.75, 3.05) is 7.11 Å². The molecule has 1 saturated carbocycles. The van der Waals surface area contributed by atoms with Crippen molar-refractivity contribution in [1.29, 1.82) is 5.26 Å². The van der Waals surface area contributed by atoms with Crippen LogP contribution in [0.5, 0.6) is 0 Å². The van der Waals surface area contributed by atoms with Crippen molar-refractivity contribution >= 4 is 5.97 Å². The van der Waals surface area contributed by atoms with Crippen LogP contribution < -0.4 is 0 Å². The van der Waals surface area contributed by atoms with Crippen LogP contribution in [0.2, 0.25) is 0 Å².